The van der Waals surface area contributed by atoms with E-state index >= 15 is 0 Å². The number of likely N-dealkylation sites (N-methyl/N-ethyl adjacent to an activating group) is 1. The number of aromatic nitrogens is 4. The van der Waals surface area contributed by atoms with Gasteiger partial charge in [0.1, 0.15) is 17.0 Å². The molecule has 6 rings (SSSR count). The largest absolute Gasteiger partial charge is 0.386 e. The predicted molar refractivity (Wildman–Crippen MR) is 158 cm³/mol. The summed E-state index contributed by atoms with van der Waals surface area (Å²) >= 11 is 0. The van der Waals surface area contributed by atoms with Crippen LogP contribution >= 0.6 is 0 Å². The predicted octanol–water partition coefficient (Wildman–Crippen LogP) is 1.95. The molecule has 4 aromatic rings. The molecule has 0 unspecified atom stereocenters. The van der Waals surface area contributed by atoms with Crippen molar-refractivity contribution in [3.8, 4) is 16.9 Å². The van der Waals surface area contributed by atoms with Crippen LogP contribution < -0.4 is 22.2 Å². The summed E-state index contributed by atoms with van der Waals surface area (Å²) in [6.07, 6.45) is 13.2. The van der Waals surface area contributed by atoms with Gasteiger partial charge >= 0.3 is 0 Å². The van der Waals surface area contributed by atoms with Gasteiger partial charge in [-0.15, -0.1) is 0 Å². The molecule has 0 spiro atoms. The smallest absolute Gasteiger partial charge is 0.280 e. The van der Waals surface area contributed by atoms with Crippen LogP contribution in [0.15, 0.2) is 69.3 Å². The number of aliphatic imine (C=N–C) groups is 1. The molecule has 4 aromatic heterocycles. The molecule has 0 radical (unpaired) electrons. The lowest BCUT2D eigenvalue weighted by atomic mass is 9.98. The molecule has 1 aliphatic heterocycles. The van der Waals surface area contributed by atoms with Crippen LogP contribution in [0.4, 0.5) is 5.69 Å². The van der Waals surface area contributed by atoms with Gasteiger partial charge in [0.25, 0.3) is 11.1 Å². The van der Waals surface area contributed by atoms with Gasteiger partial charge in [-0.05, 0) is 62.1 Å². The number of nitrogens with one attached hydrogen (secondary N) is 1. The van der Waals surface area contributed by atoms with E-state index in [4.69, 9.17) is 5.73 Å². The molecule has 11 nitrogen and oxygen atoms in total. The first kappa shape index (κ1) is 26.5. The van der Waals surface area contributed by atoms with Crippen LogP contribution in [0, 0.1) is 0 Å². The van der Waals surface area contributed by atoms with E-state index in [0.717, 1.165) is 44.5 Å². The van der Waals surface area contributed by atoms with Crippen molar-refractivity contribution in [1.29, 1.82) is 0 Å². The number of carbonyl (C=O) groups excluding carboxylic acids is 1. The Bertz CT molecular complexity index is 1860. The fraction of sp³-hybridized carbons (Fsp3) is 0.300. The van der Waals surface area contributed by atoms with Gasteiger partial charge in [-0.2, -0.15) is 0 Å². The van der Waals surface area contributed by atoms with Crippen molar-refractivity contribution in [3.63, 3.8) is 0 Å². The molecule has 5 heterocycles. The Morgan fingerprint density at radius 2 is 1.95 bits per heavy atom. The standard InChI is InChI=1S/C30H32N8O3/c1-35-10-9-32-21(17-35)15-27(31)34-24-13-20(16-36(2)29(24)40)22-7-8-33-28(23(22)18-39)38-12-11-37-25-6-4-3-5-19(25)14-26(37)30(38)41/h7-8,11-16,18,32H,3-6,9-10,17H2,1-2H3,(H2,31,34)/b21-15-. The van der Waals surface area contributed by atoms with Gasteiger partial charge in [-0.25, -0.2) is 9.98 Å². The molecule has 11 heteroatoms. The number of hydrogen-bond donors (Lipinski definition) is 2. The number of hydrogen-bond acceptors (Lipinski definition) is 7. The van der Waals surface area contributed by atoms with Crippen LogP contribution in [-0.2, 0) is 19.9 Å². The highest BCUT2D eigenvalue weighted by Gasteiger charge is 2.20. The number of piperazine rings is 1. The van der Waals surface area contributed by atoms with Gasteiger partial charge in [0, 0.05) is 74.5 Å². The van der Waals surface area contributed by atoms with Crippen LogP contribution in [0.25, 0.3) is 22.5 Å². The Kier molecular flexibility index (Phi) is 6.88. The van der Waals surface area contributed by atoms with Crippen molar-refractivity contribution in [1.82, 2.24) is 28.7 Å². The molecule has 2 aliphatic rings. The van der Waals surface area contributed by atoms with E-state index in [1.54, 1.807) is 43.8 Å². The van der Waals surface area contributed by atoms with Crippen molar-refractivity contribution < 1.29 is 4.79 Å². The average molecular weight is 553 g/mol. The Morgan fingerprint density at radius 1 is 1.12 bits per heavy atom. The van der Waals surface area contributed by atoms with Gasteiger partial charge in [0.05, 0.1) is 5.56 Å². The SMILES string of the molecule is CN1CCN/C(=C\C(N)=Nc2cc(-c3ccnc(-n4ccn5c6c(cc5c4=O)CCCC6)c3C=O)cn(C)c2=O)C1. The quantitative estimate of drug-likeness (QED) is 0.220. The third-order valence-corrected chi connectivity index (χ3v) is 7.79. The van der Waals surface area contributed by atoms with Crippen molar-refractivity contribution >= 4 is 23.3 Å². The van der Waals surface area contributed by atoms with Gasteiger partial charge in [0.15, 0.2) is 12.1 Å². The molecule has 210 valence electrons. The molecule has 0 amide bonds. The summed E-state index contributed by atoms with van der Waals surface area (Å²) in [6.45, 7) is 2.43. The molecular weight excluding hydrogens is 520 g/mol. The number of fused-ring (bicyclic) bond motifs is 3. The fourth-order valence-electron chi connectivity index (χ4n) is 5.77. The molecule has 3 N–H and O–H groups in total. The molecule has 1 fully saturated rings. The number of aryl methyl sites for hydroxylation is 3. The fourth-order valence-corrected chi connectivity index (χ4v) is 5.77. The van der Waals surface area contributed by atoms with Crippen LogP contribution in [0.3, 0.4) is 0 Å². The number of amidine groups is 1. The number of carbonyl (C=O) groups is 1. The van der Waals surface area contributed by atoms with Gasteiger partial charge < -0.3 is 20.0 Å². The monoisotopic (exact) mass is 552 g/mol. The lowest BCUT2D eigenvalue weighted by Crippen LogP contribution is -2.40. The van der Waals surface area contributed by atoms with Crippen LogP contribution in [0.2, 0.25) is 0 Å². The minimum absolute atomic E-state index is 0.135. The van der Waals surface area contributed by atoms with Crippen LogP contribution in [-0.4, -0.2) is 62.2 Å². The third kappa shape index (κ3) is 4.89. The average Bonchev–Trinajstić information content (AvgIpc) is 3.35. The molecule has 0 aromatic carbocycles. The van der Waals surface area contributed by atoms with E-state index in [9.17, 15) is 14.4 Å². The summed E-state index contributed by atoms with van der Waals surface area (Å²) in [5, 5.41) is 3.30. The number of pyridine rings is 2. The van der Waals surface area contributed by atoms with Crippen molar-refractivity contribution in [2.45, 2.75) is 25.7 Å². The summed E-state index contributed by atoms with van der Waals surface area (Å²) in [5.41, 5.74) is 10.9. The first-order valence-electron chi connectivity index (χ1n) is 13.7. The highest BCUT2D eigenvalue weighted by Crippen LogP contribution is 2.28. The van der Waals surface area contributed by atoms with E-state index in [0.29, 0.717) is 29.5 Å². The lowest BCUT2D eigenvalue weighted by molar-refractivity contribution is 0.112. The maximum Gasteiger partial charge on any atom is 0.280 e. The summed E-state index contributed by atoms with van der Waals surface area (Å²) in [4.78, 5) is 50.1. The Morgan fingerprint density at radius 3 is 2.76 bits per heavy atom. The third-order valence-electron chi connectivity index (χ3n) is 7.79. The van der Waals surface area contributed by atoms with Crippen LogP contribution in [0.1, 0.15) is 34.5 Å². The van der Waals surface area contributed by atoms with Gasteiger partial charge in [-0.3, -0.25) is 23.9 Å². The summed E-state index contributed by atoms with van der Waals surface area (Å²) in [5.74, 6) is 0.414. The zero-order valence-corrected chi connectivity index (χ0v) is 23.1. The van der Waals surface area contributed by atoms with E-state index in [1.807, 2.05) is 23.7 Å². The summed E-state index contributed by atoms with van der Waals surface area (Å²) in [7, 11) is 3.64. The molecule has 41 heavy (non-hydrogen) atoms. The maximum absolute atomic E-state index is 13.6. The Balaban J connectivity index is 1.43. The van der Waals surface area contributed by atoms with Crippen molar-refractivity contribution in [2.24, 2.45) is 17.8 Å². The van der Waals surface area contributed by atoms with Crippen LogP contribution in [0.5, 0.6) is 0 Å². The first-order chi connectivity index (χ1) is 19.8. The second kappa shape index (κ2) is 10.7. The minimum Gasteiger partial charge on any atom is -0.386 e. The number of nitrogens with two attached hydrogens (primary N) is 1. The second-order valence-corrected chi connectivity index (χ2v) is 10.7. The summed E-state index contributed by atoms with van der Waals surface area (Å²) in [6, 6.07) is 5.25. The van der Waals surface area contributed by atoms with Gasteiger partial charge in [-0.1, -0.05) is 0 Å². The topological polar surface area (TPSA) is 132 Å². The maximum atomic E-state index is 13.6. The normalized spacial score (nSPS) is 17.0. The zero-order valence-electron chi connectivity index (χ0n) is 23.1. The number of rotatable bonds is 5. The van der Waals surface area contributed by atoms with Crippen molar-refractivity contribution in [2.75, 3.05) is 26.7 Å². The molecule has 0 atom stereocenters. The van der Waals surface area contributed by atoms with E-state index in [2.05, 4.69) is 20.2 Å². The zero-order chi connectivity index (χ0) is 28.7. The Hall–Kier alpha value is -4.77. The molecular formula is C30H32N8O3. The summed E-state index contributed by atoms with van der Waals surface area (Å²) < 4.78 is 4.77. The first-order valence-corrected chi connectivity index (χ1v) is 13.7. The molecule has 1 aliphatic carbocycles. The van der Waals surface area contributed by atoms with E-state index in [-0.39, 0.29) is 34.0 Å². The van der Waals surface area contributed by atoms with Crippen molar-refractivity contribution in [3.05, 3.63) is 92.3 Å². The highest BCUT2D eigenvalue weighted by molar-refractivity contribution is 5.95. The Labute approximate surface area is 236 Å². The minimum atomic E-state index is -0.329. The number of nitrogens with zero attached hydrogens (tertiary/aromatic N) is 6. The van der Waals surface area contributed by atoms with Gasteiger partial charge in [0.2, 0.25) is 0 Å². The number of aldehydes is 1. The highest BCUT2D eigenvalue weighted by atomic mass is 16.1. The molecule has 0 saturated carbocycles. The van der Waals surface area contributed by atoms with E-state index < -0.39 is 0 Å². The second-order valence-electron chi connectivity index (χ2n) is 10.7. The molecule has 0 bridgehead atoms. The van der Waals surface area contributed by atoms with E-state index in [1.165, 1.54) is 20.4 Å². The lowest BCUT2D eigenvalue weighted by Gasteiger charge is -2.25. The molecule has 1 saturated heterocycles.